The van der Waals surface area contributed by atoms with Crippen molar-refractivity contribution in [1.29, 1.82) is 0 Å². The van der Waals surface area contributed by atoms with E-state index in [2.05, 4.69) is 41.0 Å². The third-order valence-electron chi connectivity index (χ3n) is 5.11. The normalized spacial score (nSPS) is 26.7. The largest absolute Gasteiger partial charge is 0.380 e. The first-order valence-corrected chi connectivity index (χ1v) is 8.41. The molecule has 2 unspecified atom stereocenters. The fourth-order valence-corrected chi connectivity index (χ4v) is 3.97. The lowest BCUT2D eigenvalue weighted by Crippen LogP contribution is -2.59. The smallest absolute Gasteiger partial charge is 0.0733 e. The first-order valence-electron chi connectivity index (χ1n) is 8.41. The molecule has 0 N–H and O–H groups in total. The average Bonchev–Trinajstić information content (AvgIpc) is 2.54. The van der Waals surface area contributed by atoms with Crippen molar-refractivity contribution in [3.8, 4) is 0 Å². The number of piperidine rings is 1. The van der Waals surface area contributed by atoms with E-state index in [9.17, 15) is 0 Å². The number of fused-ring (bicyclic) bond motifs is 1. The molecular formula is C18H28N2O. The Morgan fingerprint density at radius 1 is 1.19 bits per heavy atom. The maximum atomic E-state index is 5.40. The van der Waals surface area contributed by atoms with Crippen LogP contribution in [0, 0.1) is 0 Å². The van der Waals surface area contributed by atoms with Gasteiger partial charge >= 0.3 is 0 Å². The van der Waals surface area contributed by atoms with Gasteiger partial charge in [0.25, 0.3) is 0 Å². The summed E-state index contributed by atoms with van der Waals surface area (Å²) in [5.41, 5.74) is 2.71. The van der Waals surface area contributed by atoms with Crippen molar-refractivity contribution >= 4 is 5.69 Å². The van der Waals surface area contributed by atoms with E-state index in [0.717, 1.165) is 6.04 Å². The SMILES string of the molecule is CCC1CN2CCCCC2CN1c1ccccc1COC. The van der Waals surface area contributed by atoms with Gasteiger partial charge in [0.1, 0.15) is 0 Å². The molecule has 2 fully saturated rings. The Kier molecular flexibility index (Phi) is 4.81. The van der Waals surface area contributed by atoms with Gasteiger partial charge in [0.15, 0.2) is 0 Å². The maximum Gasteiger partial charge on any atom is 0.0733 e. The van der Waals surface area contributed by atoms with E-state index < -0.39 is 0 Å². The first kappa shape index (κ1) is 14.9. The van der Waals surface area contributed by atoms with E-state index >= 15 is 0 Å². The van der Waals surface area contributed by atoms with Crippen molar-refractivity contribution in [1.82, 2.24) is 4.90 Å². The Morgan fingerprint density at radius 3 is 2.86 bits per heavy atom. The molecule has 2 heterocycles. The molecule has 3 rings (SSSR count). The van der Waals surface area contributed by atoms with Crippen LogP contribution in [0.25, 0.3) is 0 Å². The Labute approximate surface area is 128 Å². The zero-order chi connectivity index (χ0) is 14.7. The second-order valence-electron chi connectivity index (χ2n) is 6.42. The van der Waals surface area contributed by atoms with Crippen molar-refractivity contribution in [2.75, 3.05) is 31.6 Å². The van der Waals surface area contributed by atoms with Crippen LogP contribution in [0.3, 0.4) is 0 Å². The zero-order valence-electron chi connectivity index (χ0n) is 13.4. The predicted molar refractivity (Wildman–Crippen MR) is 87.8 cm³/mol. The lowest BCUT2D eigenvalue weighted by Gasteiger charge is -2.49. The summed E-state index contributed by atoms with van der Waals surface area (Å²) < 4.78 is 5.40. The van der Waals surface area contributed by atoms with Gasteiger partial charge in [0.05, 0.1) is 6.61 Å². The lowest BCUT2D eigenvalue weighted by molar-refractivity contribution is 0.110. The van der Waals surface area contributed by atoms with Crippen LogP contribution in [0.15, 0.2) is 24.3 Å². The number of ether oxygens (including phenoxy) is 1. The molecule has 116 valence electrons. The molecule has 0 saturated carbocycles. The van der Waals surface area contributed by atoms with Gasteiger partial charge in [-0.25, -0.2) is 0 Å². The molecule has 0 amide bonds. The van der Waals surface area contributed by atoms with Gasteiger partial charge in [-0.15, -0.1) is 0 Å². The van der Waals surface area contributed by atoms with Crippen LogP contribution in [0.5, 0.6) is 0 Å². The Morgan fingerprint density at radius 2 is 2.05 bits per heavy atom. The highest BCUT2D eigenvalue weighted by Crippen LogP contribution is 2.31. The van der Waals surface area contributed by atoms with Crippen LogP contribution < -0.4 is 4.90 Å². The van der Waals surface area contributed by atoms with Gasteiger partial charge in [-0.05, 0) is 31.9 Å². The molecule has 0 spiro atoms. The number of hydrogen-bond donors (Lipinski definition) is 0. The van der Waals surface area contributed by atoms with Crippen molar-refractivity contribution in [2.45, 2.75) is 51.3 Å². The van der Waals surface area contributed by atoms with E-state index in [1.807, 2.05) is 0 Å². The molecule has 3 nitrogen and oxygen atoms in total. The Hall–Kier alpha value is -1.06. The summed E-state index contributed by atoms with van der Waals surface area (Å²) in [6, 6.07) is 10.1. The number of para-hydroxylation sites is 1. The quantitative estimate of drug-likeness (QED) is 0.845. The summed E-state index contributed by atoms with van der Waals surface area (Å²) in [7, 11) is 1.78. The fourth-order valence-electron chi connectivity index (χ4n) is 3.97. The highest BCUT2D eigenvalue weighted by Gasteiger charge is 2.34. The number of benzene rings is 1. The van der Waals surface area contributed by atoms with E-state index in [0.29, 0.717) is 12.6 Å². The zero-order valence-corrected chi connectivity index (χ0v) is 13.4. The molecule has 2 aliphatic rings. The molecular weight excluding hydrogens is 260 g/mol. The van der Waals surface area contributed by atoms with Crippen LogP contribution in [0.1, 0.15) is 38.2 Å². The van der Waals surface area contributed by atoms with E-state index in [-0.39, 0.29) is 0 Å². The van der Waals surface area contributed by atoms with Crippen LogP contribution in [-0.2, 0) is 11.3 Å². The number of piperazine rings is 1. The van der Waals surface area contributed by atoms with Gasteiger partial charge in [-0.2, -0.15) is 0 Å². The molecule has 0 bridgehead atoms. The van der Waals surface area contributed by atoms with Crippen molar-refractivity contribution in [2.24, 2.45) is 0 Å². The molecule has 2 aliphatic heterocycles. The summed E-state index contributed by atoms with van der Waals surface area (Å²) in [6.07, 6.45) is 5.35. The lowest BCUT2D eigenvalue weighted by atomic mass is 9.94. The van der Waals surface area contributed by atoms with E-state index in [1.54, 1.807) is 7.11 Å². The number of anilines is 1. The summed E-state index contributed by atoms with van der Waals surface area (Å²) >= 11 is 0. The number of nitrogens with zero attached hydrogens (tertiary/aromatic N) is 2. The third-order valence-corrected chi connectivity index (χ3v) is 5.11. The molecule has 0 aliphatic carbocycles. The third kappa shape index (κ3) is 3.09. The minimum atomic E-state index is 0.636. The number of hydrogen-bond acceptors (Lipinski definition) is 3. The summed E-state index contributed by atoms with van der Waals surface area (Å²) in [4.78, 5) is 5.38. The minimum absolute atomic E-state index is 0.636. The molecule has 2 saturated heterocycles. The van der Waals surface area contributed by atoms with Crippen molar-refractivity contribution < 1.29 is 4.74 Å². The maximum absolute atomic E-state index is 5.40. The monoisotopic (exact) mass is 288 g/mol. The highest BCUT2D eigenvalue weighted by atomic mass is 16.5. The molecule has 0 aromatic heterocycles. The van der Waals surface area contributed by atoms with Gasteiger partial charge in [-0.1, -0.05) is 31.5 Å². The average molecular weight is 288 g/mol. The van der Waals surface area contributed by atoms with Crippen LogP contribution in [-0.4, -0.2) is 43.7 Å². The summed E-state index contributed by atoms with van der Waals surface area (Å²) in [6.45, 7) is 6.73. The Balaban J connectivity index is 1.85. The van der Waals surface area contributed by atoms with Crippen LogP contribution >= 0.6 is 0 Å². The van der Waals surface area contributed by atoms with E-state index in [4.69, 9.17) is 4.74 Å². The molecule has 1 aromatic rings. The van der Waals surface area contributed by atoms with Gasteiger partial charge in [-0.3, -0.25) is 4.90 Å². The minimum Gasteiger partial charge on any atom is -0.380 e. The fraction of sp³-hybridized carbons (Fsp3) is 0.667. The van der Waals surface area contributed by atoms with Crippen molar-refractivity contribution in [3.05, 3.63) is 29.8 Å². The molecule has 1 aromatic carbocycles. The predicted octanol–water partition coefficient (Wildman–Crippen LogP) is 3.29. The van der Waals surface area contributed by atoms with Crippen molar-refractivity contribution in [3.63, 3.8) is 0 Å². The number of rotatable bonds is 4. The molecule has 21 heavy (non-hydrogen) atoms. The first-order chi connectivity index (χ1) is 10.3. The van der Waals surface area contributed by atoms with Gasteiger partial charge < -0.3 is 9.64 Å². The highest BCUT2D eigenvalue weighted by molar-refractivity contribution is 5.55. The summed E-state index contributed by atoms with van der Waals surface area (Å²) in [5.74, 6) is 0. The number of methoxy groups -OCH3 is 1. The standard InChI is InChI=1S/C18H28N2O/c1-3-16-12-19-11-7-6-9-17(19)13-20(16)18-10-5-4-8-15(18)14-21-2/h4-5,8,10,16-17H,3,6-7,9,11-14H2,1-2H3. The molecule has 2 atom stereocenters. The van der Waals surface area contributed by atoms with Crippen LogP contribution in [0.2, 0.25) is 0 Å². The Bertz CT molecular complexity index is 462. The van der Waals surface area contributed by atoms with Gasteiger partial charge in [0, 0.05) is 43.5 Å². The summed E-state index contributed by atoms with van der Waals surface area (Å²) in [5, 5.41) is 0. The second kappa shape index (κ2) is 6.80. The van der Waals surface area contributed by atoms with E-state index in [1.165, 1.54) is 56.6 Å². The second-order valence-corrected chi connectivity index (χ2v) is 6.42. The topological polar surface area (TPSA) is 15.7 Å². The molecule has 0 radical (unpaired) electrons. The van der Waals surface area contributed by atoms with Crippen LogP contribution in [0.4, 0.5) is 5.69 Å². The van der Waals surface area contributed by atoms with Gasteiger partial charge in [0.2, 0.25) is 0 Å². The molecule has 3 heteroatoms.